The van der Waals surface area contributed by atoms with Gasteiger partial charge in [0.05, 0.1) is 17.6 Å². The molecule has 5 nitrogen and oxygen atoms in total. The monoisotopic (exact) mass is 326 g/mol. The van der Waals surface area contributed by atoms with E-state index < -0.39 is 0 Å². The normalized spacial score (nSPS) is 14.4. The third-order valence-electron chi connectivity index (χ3n) is 4.47. The van der Waals surface area contributed by atoms with Crippen molar-refractivity contribution in [2.75, 3.05) is 0 Å². The van der Waals surface area contributed by atoms with Gasteiger partial charge >= 0.3 is 0 Å². The van der Waals surface area contributed by atoms with E-state index in [0.29, 0.717) is 23.7 Å². The molecule has 1 aromatic carbocycles. The van der Waals surface area contributed by atoms with E-state index in [2.05, 4.69) is 17.1 Å². The van der Waals surface area contributed by atoms with E-state index in [4.69, 9.17) is 0 Å². The summed E-state index contributed by atoms with van der Waals surface area (Å²) < 4.78 is 16.4. The maximum absolute atomic E-state index is 13.2. The molecule has 4 rings (SSSR count). The number of fused-ring (bicyclic) bond motifs is 1. The lowest BCUT2D eigenvalue weighted by molar-refractivity contribution is 0.537. The van der Waals surface area contributed by atoms with Gasteiger partial charge in [0.2, 0.25) is 0 Å². The van der Waals surface area contributed by atoms with Crippen LogP contribution >= 0.6 is 0 Å². The number of unbranched alkanes of at least 4 members (excludes halogenated alkanes) is 1. The fourth-order valence-corrected chi connectivity index (χ4v) is 2.99. The van der Waals surface area contributed by atoms with E-state index in [0.717, 1.165) is 36.8 Å². The molecular weight excluding hydrogens is 307 g/mol. The summed E-state index contributed by atoms with van der Waals surface area (Å²) >= 11 is 0. The van der Waals surface area contributed by atoms with E-state index >= 15 is 0 Å². The summed E-state index contributed by atoms with van der Waals surface area (Å²) in [4.78, 5) is 12.9. The highest BCUT2D eigenvalue weighted by Crippen LogP contribution is 2.41. The SMILES string of the molecule is CCCCn1nc(C2CC2)c2cnn(-c3ccc(F)cc3)c2c1=O. The molecule has 0 amide bonds. The van der Waals surface area contributed by atoms with Crippen LogP contribution in [0.5, 0.6) is 0 Å². The summed E-state index contributed by atoms with van der Waals surface area (Å²) in [7, 11) is 0. The van der Waals surface area contributed by atoms with Crippen LogP contribution in [-0.2, 0) is 6.54 Å². The molecule has 0 bridgehead atoms. The Morgan fingerprint density at radius 1 is 1.25 bits per heavy atom. The second kappa shape index (κ2) is 5.85. The molecule has 3 aromatic rings. The van der Waals surface area contributed by atoms with Gasteiger partial charge in [-0.25, -0.2) is 13.8 Å². The summed E-state index contributed by atoms with van der Waals surface area (Å²) in [6, 6.07) is 6.02. The summed E-state index contributed by atoms with van der Waals surface area (Å²) in [6.45, 7) is 2.70. The average Bonchev–Trinajstić information content (AvgIpc) is 3.33. The Morgan fingerprint density at radius 2 is 2.00 bits per heavy atom. The van der Waals surface area contributed by atoms with E-state index in [-0.39, 0.29) is 11.4 Å². The van der Waals surface area contributed by atoms with Crippen molar-refractivity contribution in [1.82, 2.24) is 19.6 Å². The minimum atomic E-state index is -0.309. The predicted molar refractivity (Wildman–Crippen MR) is 90.0 cm³/mol. The van der Waals surface area contributed by atoms with Gasteiger partial charge in [-0.2, -0.15) is 10.2 Å². The lowest BCUT2D eigenvalue weighted by Gasteiger charge is -2.09. The molecule has 124 valence electrons. The van der Waals surface area contributed by atoms with Gasteiger partial charge in [0.15, 0.2) is 0 Å². The predicted octanol–water partition coefficient (Wildman–Crippen LogP) is 3.40. The summed E-state index contributed by atoms with van der Waals surface area (Å²) in [5.41, 5.74) is 2.05. The Kier molecular flexibility index (Phi) is 3.67. The quantitative estimate of drug-likeness (QED) is 0.722. The van der Waals surface area contributed by atoms with Crippen molar-refractivity contribution in [3.05, 3.63) is 52.3 Å². The molecule has 2 heterocycles. The maximum Gasteiger partial charge on any atom is 0.293 e. The highest BCUT2D eigenvalue weighted by molar-refractivity contribution is 5.82. The van der Waals surface area contributed by atoms with Gasteiger partial charge in [-0.3, -0.25) is 4.79 Å². The van der Waals surface area contributed by atoms with Gasteiger partial charge < -0.3 is 0 Å². The Balaban J connectivity index is 1.94. The van der Waals surface area contributed by atoms with Crippen LogP contribution in [0.3, 0.4) is 0 Å². The van der Waals surface area contributed by atoms with E-state index in [1.54, 1.807) is 27.7 Å². The lowest BCUT2D eigenvalue weighted by atomic mass is 10.2. The second-order valence-corrected chi connectivity index (χ2v) is 6.34. The van der Waals surface area contributed by atoms with Gasteiger partial charge in [-0.15, -0.1) is 0 Å². The minimum Gasteiger partial charge on any atom is -0.265 e. The number of aryl methyl sites for hydroxylation is 1. The molecule has 2 aromatic heterocycles. The van der Waals surface area contributed by atoms with Gasteiger partial charge in [0, 0.05) is 17.8 Å². The second-order valence-electron chi connectivity index (χ2n) is 6.34. The Bertz CT molecular complexity index is 938. The minimum absolute atomic E-state index is 0.135. The van der Waals surface area contributed by atoms with Crippen molar-refractivity contribution in [2.45, 2.75) is 45.1 Å². The fraction of sp³-hybridized carbons (Fsp3) is 0.389. The van der Waals surface area contributed by atoms with Gasteiger partial charge in [0.25, 0.3) is 5.56 Å². The zero-order chi connectivity index (χ0) is 16.7. The largest absolute Gasteiger partial charge is 0.293 e. The average molecular weight is 326 g/mol. The van der Waals surface area contributed by atoms with Crippen LogP contribution in [0.4, 0.5) is 4.39 Å². The molecule has 6 heteroatoms. The van der Waals surface area contributed by atoms with Crippen LogP contribution in [0.1, 0.15) is 44.2 Å². The van der Waals surface area contributed by atoms with E-state index in [9.17, 15) is 9.18 Å². The topological polar surface area (TPSA) is 52.7 Å². The Morgan fingerprint density at radius 3 is 2.67 bits per heavy atom. The van der Waals surface area contributed by atoms with Crippen molar-refractivity contribution in [3.63, 3.8) is 0 Å². The summed E-state index contributed by atoms with van der Waals surface area (Å²) in [5, 5.41) is 9.82. The molecule has 1 aliphatic carbocycles. The first-order valence-corrected chi connectivity index (χ1v) is 8.43. The van der Waals surface area contributed by atoms with Crippen molar-refractivity contribution < 1.29 is 4.39 Å². The number of aromatic nitrogens is 4. The number of halogens is 1. The molecular formula is C18H19FN4O. The lowest BCUT2D eigenvalue weighted by Crippen LogP contribution is -2.26. The first-order valence-electron chi connectivity index (χ1n) is 8.43. The Labute approximate surface area is 138 Å². The van der Waals surface area contributed by atoms with Crippen LogP contribution < -0.4 is 5.56 Å². The molecule has 0 unspecified atom stereocenters. The number of nitrogens with zero attached hydrogens (tertiary/aromatic N) is 4. The third-order valence-corrected chi connectivity index (χ3v) is 4.47. The molecule has 0 radical (unpaired) electrons. The molecule has 24 heavy (non-hydrogen) atoms. The number of hydrogen-bond acceptors (Lipinski definition) is 3. The standard InChI is InChI=1S/C18H19FN4O/c1-2-3-10-22-18(24)17-15(16(21-22)12-4-5-12)11-20-23(17)14-8-6-13(19)7-9-14/h6-9,11-12H,2-5,10H2,1H3. The van der Waals surface area contributed by atoms with Crippen LogP contribution in [0.2, 0.25) is 0 Å². The Hall–Kier alpha value is -2.50. The van der Waals surface area contributed by atoms with E-state index in [1.807, 2.05) is 0 Å². The molecule has 0 saturated heterocycles. The van der Waals surface area contributed by atoms with E-state index in [1.165, 1.54) is 12.1 Å². The van der Waals surface area contributed by atoms with Gasteiger partial charge in [-0.05, 0) is 43.5 Å². The van der Waals surface area contributed by atoms with Crippen LogP contribution in [0, 0.1) is 5.82 Å². The molecule has 1 aliphatic rings. The zero-order valence-electron chi connectivity index (χ0n) is 13.6. The number of benzene rings is 1. The summed E-state index contributed by atoms with van der Waals surface area (Å²) in [5.74, 6) is 0.114. The van der Waals surface area contributed by atoms with Crippen molar-refractivity contribution in [3.8, 4) is 5.69 Å². The molecule has 0 atom stereocenters. The first-order chi connectivity index (χ1) is 11.7. The number of rotatable bonds is 5. The number of hydrogen-bond donors (Lipinski definition) is 0. The molecule has 1 fully saturated rings. The van der Waals surface area contributed by atoms with Crippen molar-refractivity contribution in [2.24, 2.45) is 0 Å². The maximum atomic E-state index is 13.2. The van der Waals surface area contributed by atoms with Crippen LogP contribution in [0.25, 0.3) is 16.6 Å². The van der Waals surface area contributed by atoms with Crippen molar-refractivity contribution >= 4 is 10.9 Å². The van der Waals surface area contributed by atoms with Crippen LogP contribution in [0.15, 0.2) is 35.3 Å². The van der Waals surface area contributed by atoms with Gasteiger partial charge in [-0.1, -0.05) is 13.3 Å². The highest BCUT2D eigenvalue weighted by atomic mass is 19.1. The molecule has 0 aliphatic heterocycles. The molecule has 0 spiro atoms. The van der Waals surface area contributed by atoms with Crippen molar-refractivity contribution in [1.29, 1.82) is 0 Å². The first kappa shape index (κ1) is 15.1. The molecule has 0 N–H and O–H groups in total. The molecule has 1 saturated carbocycles. The third kappa shape index (κ3) is 2.52. The smallest absolute Gasteiger partial charge is 0.265 e. The van der Waals surface area contributed by atoms with Gasteiger partial charge in [0.1, 0.15) is 11.3 Å². The van der Waals surface area contributed by atoms with Crippen LogP contribution in [-0.4, -0.2) is 19.6 Å². The highest BCUT2D eigenvalue weighted by Gasteiger charge is 2.30. The fourth-order valence-electron chi connectivity index (χ4n) is 2.99. The zero-order valence-corrected chi connectivity index (χ0v) is 13.6. The summed E-state index contributed by atoms with van der Waals surface area (Å²) in [6.07, 6.45) is 5.84.